The Bertz CT molecular complexity index is 1570. The molecule has 0 unspecified atom stereocenters. The van der Waals surface area contributed by atoms with E-state index in [9.17, 15) is 4.79 Å². The Hall–Kier alpha value is -4.65. The van der Waals surface area contributed by atoms with Crippen LogP contribution >= 0.6 is 0 Å². The first-order chi connectivity index (χ1) is 17.2. The maximum absolute atomic E-state index is 12.8. The number of hydrogen-bond donors (Lipinski definition) is 2. The molecule has 1 aliphatic heterocycles. The second kappa shape index (κ2) is 8.61. The van der Waals surface area contributed by atoms with Gasteiger partial charge in [-0.2, -0.15) is 0 Å². The number of nitrogens with one attached hydrogen (secondary N) is 2. The zero-order valence-corrected chi connectivity index (χ0v) is 19.3. The fraction of sp³-hybridized carbons (Fsp3) is 0.107. The number of benzene rings is 3. The molecule has 2 N–H and O–H groups in total. The van der Waals surface area contributed by atoms with Crippen molar-refractivity contribution in [3.05, 3.63) is 112 Å². The van der Waals surface area contributed by atoms with Gasteiger partial charge in [-0.1, -0.05) is 84.4 Å². The Labute approximate surface area is 202 Å². The molecular formula is C28H24N6O. The second-order valence-electron chi connectivity index (χ2n) is 8.74. The molecule has 0 spiro atoms. The average molecular weight is 461 g/mol. The summed E-state index contributed by atoms with van der Waals surface area (Å²) in [5.74, 6) is 1.36. The maximum atomic E-state index is 12.8. The minimum atomic E-state index is -0.185. The number of aromatic nitrogens is 4. The molecule has 172 valence electrons. The van der Waals surface area contributed by atoms with Gasteiger partial charge in [-0.3, -0.25) is 4.57 Å². The Balaban J connectivity index is 1.29. The summed E-state index contributed by atoms with van der Waals surface area (Å²) in [7, 11) is 0. The Morgan fingerprint density at radius 3 is 2.29 bits per heavy atom. The lowest BCUT2D eigenvalue weighted by atomic mass is 10.0. The van der Waals surface area contributed by atoms with Gasteiger partial charge in [0.1, 0.15) is 17.2 Å². The number of rotatable bonds is 5. The predicted octanol–water partition coefficient (Wildman–Crippen LogP) is 5.20. The number of aliphatic imine (C=N–C) groups is 1. The van der Waals surface area contributed by atoms with Crippen molar-refractivity contribution in [1.82, 2.24) is 19.1 Å². The first-order valence-electron chi connectivity index (χ1n) is 11.5. The highest BCUT2D eigenvalue weighted by Crippen LogP contribution is 2.34. The molecule has 3 heterocycles. The number of H-pyrrole nitrogens is 1. The van der Waals surface area contributed by atoms with Crippen LogP contribution in [0.2, 0.25) is 0 Å². The summed E-state index contributed by atoms with van der Waals surface area (Å²) in [6.45, 7) is 3.12. The summed E-state index contributed by atoms with van der Waals surface area (Å²) in [6.07, 6.45) is 3.40. The van der Waals surface area contributed by atoms with Gasteiger partial charge in [0.15, 0.2) is 5.82 Å². The third-order valence-corrected chi connectivity index (χ3v) is 6.29. The molecule has 0 fully saturated rings. The molecule has 0 saturated heterocycles. The van der Waals surface area contributed by atoms with Crippen LogP contribution in [0.3, 0.4) is 0 Å². The zero-order chi connectivity index (χ0) is 23.8. The lowest BCUT2D eigenvalue weighted by molar-refractivity contribution is 0.770. The van der Waals surface area contributed by atoms with Crippen molar-refractivity contribution in [1.29, 1.82) is 0 Å². The van der Waals surface area contributed by atoms with Gasteiger partial charge in [-0.15, -0.1) is 0 Å². The van der Waals surface area contributed by atoms with Crippen molar-refractivity contribution in [2.75, 3.05) is 5.32 Å². The first kappa shape index (κ1) is 20.9. The molecule has 6 rings (SSSR count). The fourth-order valence-corrected chi connectivity index (χ4v) is 4.41. The predicted molar refractivity (Wildman–Crippen MR) is 139 cm³/mol. The van der Waals surface area contributed by atoms with E-state index in [1.807, 2.05) is 54.0 Å². The molecular weight excluding hydrogens is 436 g/mol. The summed E-state index contributed by atoms with van der Waals surface area (Å²) < 4.78 is 3.68. The van der Waals surface area contributed by atoms with Crippen LogP contribution in [-0.2, 0) is 13.1 Å². The normalized spacial score (nSPS) is 12.0. The SMILES string of the molecule is Cc1ccc(Cn2c3c([nH]c2=O)-c2ncn(Cc4ccc(-c5ccccc5)cc4)c2N=CN3)cc1. The highest BCUT2D eigenvalue weighted by molar-refractivity contribution is 5.90. The number of imidazole rings is 2. The maximum Gasteiger partial charge on any atom is 0.327 e. The Kier molecular flexibility index (Phi) is 5.15. The summed E-state index contributed by atoms with van der Waals surface area (Å²) in [5, 5.41) is 3.18. The highest BCUT2D eigenvalue weighted by atomic mass is 16.1. The van der Waals surface area contributed by atoms with Crippen LogP contribution < -0.4 is 11.0 Å². The van der Waals surface area contributed by atoms with Crippen LogP contribution in [0.5, 0.6) is 0 Å². The summed E-state index contributed by atoms with van der Waals surface area (Å²) in [5.41, 5.74) is 6.86. The molecule has 0 aliphatic carbocycles. The molecule has 2 aromatic heterocycles. The van der Waals surface area contributed by atoms with E-state index in [0.29, 0.717) is 36.1 Å². The number of anilines is 1. The topological polar surface area (TPSA) is 80.0 Å². The molecule has 3 aromatic carbocycles. The van der Waals surface area contributed by atoms with Gasteiger partial charge in [-0.05, 0) is 29.2 Å². The van der Waals surface area contributed by atoms with Crippen LogP contribution in [0, 0.1) is 6.92 Å². The lowest BCUT2D eigenvalue weighted by Crippen LogP contribution is -2.19. The van der Waals surface area contributed by atoms with E-state index in [4.69, 9.17) is 0 Å². The average Bonchev–Trinajstić information content (AvgIpc) is 3.35. The van der Waals surface area contributed by atoms with Crippen LogP contribution in [0.1, 0.15) is 16.7 Å². The molecule has 0 radical (unpaired) electrons. The number of nitrogens with zero attached hydrogens (tertiary/aromatic N) is 4. The molecule has 7 nitrogen and oxygen atoms in total. The van der Waals surface area contributed by atoms with Crippen LogP contribution in [0.15, 0.2) is 95.0 Å². The number of aryl methyl sites for hydroxylation is 1. The molecule has 5 aromatic rings. The van der Waals surface area contributed by atoms with Gasteiger partial charge in [-0.25, -0.2) is 14.8 Å². The molecule has 0 bridgehead atoms. The number of fused-ring (bicyclic) bond motifs is 3. The van der Waals surface area contributed by atoms with Gasteiger partial charge in [0, 0.05) is 0 Å². The molecule has 1 aliphatic rings. The highest BCUT2D eigenvalue weighted by Gasteiger charge is 2.23. The van der Waals surface area contributed by atoms with E-state index in [2.05, 4.69) is 56.7 Å². The van der Waals surface area contributed by atoms with Crippen molar-refractivity contribution in [3.8, 4) is 22.5 Å². The second-order valence-corrected chi connectivity index (χ2v) is 8.74. The van der Waals surface area contributed by atoms with E-state index >= 15 is 0 Å². The minimum absolute atomic E-state index is 0.185. The third kappa shape index (κ3) is 3.97. The molecule has 0 saturated carbocycles. The van der Waals surface area contributed by atoms with Gasteiger partial charge in [0.05, 0.1) is 25.8 Å². The van der Waals surface area contributed by atoms with E-state index in [1.54, 1.807) is 17.2 Å². The fourth-order valence-electron chi connectivity index (χ4n) is 4.41. The summed E-state index contributed by atoms with van der Waals surface area (Å²) >= 11 is 0. The van der Waals surface area contributed by atoms with Gasteiger partial charge in [0.25, 0.3) is 0 Å². The molecule has 7 heteroatoms. The van der Waals surface area contributed by atoms with Crippen LogP contribution in [0.4, 0.5) is 11.6 Å². The molecule has 0 amide bonds. The largest absolute Gasteiger partial charge is 0.330 e. The quantitative estimate of drug-likeness (QED) is 0.378. The minimum Gasteiger partial charge on any atom is -0.330 e. The van der Waals surface area contributed by atoms with Crippen LogP contribution in [-0.4, -0.2) is 25.4 Å². The number of hydrogen-bond acceptors (Lipinski definition) is 4. The Morgan fingerprint density at radius 1 is 0.829 bits per heavy atom. The van der Waals surface area contributed by atoms with Crippen molar-refractivity contribution >= 4 is 18.0 Å². The van der Waals surface area contributed by atoms with Crippen molar-refractivity contribution in [2.24, 2.45) is 4.99 Å². The Morgan fingerprint density at radius 2 is 1.51 bits per heavy atom. The monoisotopic (exact) mass is 460 g/mol. The smallest absolute Gasteiger partial charge is 0.327 e. The van der Waals surface area contributed by atoms with E-state index in [0.717, 1.165) is 11.1 Å². The van der Waals surface area contributed by atoms with Crippen molar-refractivity contribution in [2.45, 2.75) is 20.0 Å². The van der Waals surface area contributed by atoms with Crippen LogP contribution in [0.25, 0.3) is 22.5 Å². The summed E-state index contributed by atoms with van der Waals surface area (Å²) in [6, 6.07) is 27.0. The zero-order valence-electron chi connectivity index (χ0n) is 19.3. The van der Waals surface area contributed by atoms with E-state index < -0.39 is 0 Å². The summed E-state index contributed by atoms with van der Waals surface area (Å²) in [4.78, 5) is 25.1. The van der Waals surface area contributed by atoms with Crippen molar-refractivity contribution < 1.29 is 0 Å². The number of aromatic amines is 1. The standard InChI is InChI=1S/C28H24N6O/c1-19-7-9-21(10-8-19)16-34-27-25(32-28(34)35)24-26(29-17-30-27)33(18-31-24)15-20-11-13-23(14-12-20)22-5-3-2-4-6-22/h2-14,17-18H,15-16H2,1H3,(H,29,30)(H,32,35). The lowest BCUT2D eigenvalue weighted by Gasteiger charge is -2.07. The van der Waals surface area contributed by atoms with E-state index in [1.165, 1.54) is 16.7 Å². The first-order valence-corrected chi connectivity index (χ1v) is 11.5. The van der Waals surface area contributed by atoms with Gasteiger partial charge < -0.3 is 14.9 Å². The molecule has 0 atom stereocenters. The van der Waals surface area contributed by atoms with Gasteiger partial charge >= 0.3 is 5.69 Å². The van der Waals surface area contributed by atoms with Crippen molar-refractivity contribution in [3.63, 3.8) is 0 Å². The molecule has 35 heavy (non-hydrogen) atoms. The third-order valence-electron chi connectivity index (χ3n) is 6.29. The van der Waals surface area contributed by atoms with E-state index in [-0.39, 0.29) is 5.69 Å². The van der Waals surface area contributed by atoms with Gasteiger partial charge in [0.2, 0.25) is 0 Å².